The Balaban J connectivity index is 2.60. The van der Waals surface area contributed by atoms with E-state index in [2.05, 4.69) is 10.1 Å². The molecule has 1 amide bonds. The summed E-state index contributed by atoms with van der Waals surface area (Å²) in [6, 6.07) is 1.38. The average Bonchev–Trinajstić information content (AvgIpc) is 2.54. The van der Waals surface area contributed by atoms with Gasteiger partial charge in [0.05, 0.1) is 10.6 Å². The number of nitrogens with zero attached hydrogens (tertiary/aromatic N) is 4. The normalized spacial score (nSPS) is 10.6. The molecule has 0 fully saturated rings. The van der Waals surface area contributed by atoms with Crippen LogP contribution in [0, 0.1) is 17.0 Å². The fraction of sp³-hybridized carbons (Fsp3) is 0.222. The second kappa shape index (κ2) is 3.81. The molecule has 2 heterocycles. The van der Waals surface area contributed by atoms with Crippen LogP contribution in [0.1, 0.15) is 5.69 Å². The highest BCUT2D eigenvalue weighted by Gasteiger charge is 2.14. The molecule has 0 aromatic carbocycles. The van der Waals surface area contributed by atoms with Gasteiger partial charge in [0, 0.05) is 11.5 Å². The van der Waals surface area contributed by atoms with Crippen molar-refractivity contribution in [3.05, 3.63) is 28.1 Å². The van der Waals surface area contributed by atoms with Crippen LogP contribution < -0.4 is 5.73 Å². The molecule has 8 heteroatoms. The number of hydrogen-bond donors (Lipinski definition) is 1. The molecule has 0 aliphatic rings. The number of carbonyl (C=O) groups is 1. The Morgan fingerprint density at radius 3 is 2.94 bits per heavy atom. The van der Waals surface area contributed by atoms with Crippen molar-refractivity contribution in [2.75, 3.05) is 0 Å². The van der Waals surface area contributed by atoms with Gasteiger partial charge in [-0.15, -0.1) is 0 Å². The van der Waals surface area contributed by atoms with Gasteiger partial charge in [-0.3, -0.25) is 14.9 Å². The van der Waals surface area contributed by atoms with Crippen molar-refractivity contribution in [1.29, 1.82) is 0 Å². The summed E-state index contributed by atoms with van der Waals surface area (Å²) in [5, 5.41) is 15.2. The highest BCUT2D eigenvalue weighted by molar-refractivity contribution is 5.82. The van der Waals surface area contributed by atoms with Crippen molar-refractivity contribution < 1.29 is 9.72 Å². The number of nitrogens with two attached hydrogens (primary N) is 1. The van der Waals surface area contributed by atoms with Gasteiger partial charge in [0.2, 0.25) is 5.91 Å². The Hall–Kier alpha value is -2.51. The fourth-order valence-electron chi connectivity index (χ4n) is 1.56. The van der Waals surface area contributed by atoms with Crippen LogP contribution in [0.5, 0.6) is 0 Å². The van der Waals surface area contributed by atoms with Crippen LogP contribution in [-0.4, -0.2) is 25.6 Å². The van der Waals surface area contributed by atoms with Gasteiger partial charge in [0.15, 0.2) is 5.65 Å². The number of fused-ring (bicyclic) bond motifs is 1. The Kier molecular flexibility index (Phi) is 2.47. The highest BCUT2D eigenvalue weighted by atomic mass is 16.6. The Morgan fingerprint density at radius 2 is 2.35 bits per heavy atom. The number of primary amides is 1. The van der Waals surface area contributed by atoms with E-state index in [9.17, 15) is 14.9 Å². The molecule has 0 saturated carbocycles. The first-order valence-electron chi connectivity index (χ1n) is 4.75. The maximum Gasteiger partial charge on any atom is 0.288 e. The van der Waals surface area contributed by atoms with Crippen molar-refractivity contribution in [1.82, 2.24) is 14.8 Å². The van der Waals surface area contributed by atoms with Gasteiger partial charge in [-0.2, -0.15) is 5.10 Å². The van der Waals surface area contributed by atoms with Crippen molar-refractivity contribution in [2.24, 2.45) is 5.73 Å². The number of hydrogen-bond acceptors (Lipinski definition) is 5. The smallest absolute Gasteiger partial charge is 0.288 e. The van der Waals surface area contributed by atoms with Crippen LogP contribution in [0.3, 0.4) is 0 Å². The van der Waals surface area contributed by atoms with Crippen LogP contribution in [0.2, 0.25) is 0 Å². The fourth-order valence-corrected chi connectivity index (χ4v) is 1.56. The standard InChI is InChI=1S/C9H9N5O3/c1-5-7-2-6(14(16)17)3-11-9(7)13(12-5)4-8(10)15/h2-3H,4H2,1H3,(H2,10,15). The summed E-state index contributed by atoms with van der Waals surface area (Å²) < 4.78 is 1.33. The number of carbonyl (C=O) groups excluding carboxylic acids is 1. The van der Waals surface area contributed by atoms with Crippen LogP contribution in [-0.2, 0) is 11.3 Å². The van der Waals surface area contributed by atoms with E-state index in [4.69, 9.17) is 5.73 Å². The molecule has 0 radical (unpaired) electrons. The van der Waals surface area contributed by atoms with Crippen molar-refractivity contribution in [3.63, 3.8) is 0 Å². The summed E-state index contributed by atoms with van der Waals surface area (Å²) in [5.74, 6) is -0.547. The topological polar surface area (TPSA) is 117 Å². The van der Waals surface area contributed by atoms with Crippen LogP contribution >= 0.6 is 0 Å². The zero-order valence-corrected chi connectivity index (χ0v) is 8.95. The first-order chi connectivity index (χ1) is 7.99. The van der Waals surface area contributed by atoms with Gasteiger partial charge in [-0.1, -0.05) is 0 Å². The van der Waals surface area contributed by atoms with E-state index < -0.39 is 10.8 Å². The third-order valence-electron chi connectivity index (χ3n) is 2.27. The predicted octanol–water partition coefficient (Wildman–Crippen LogP) is 0.133. The lowest BCUT2D eigenvalue weighted by Gasteiger charge is -1.97. The molecular formula is C9H9N5O3. The molecule has 2 rings (SSSR count). The van der Waals surface area contributed by atoms with E-state index in [-0.39, 0.29) is 12.2 Å². The van der Waals surface area contributed by atoms with E-state index >= 15 is 0 Å². The van der Waals surface area contributed by atoms with Crippen molar-refractivity contribution in [3.8, 4) is 0 Å². The molecule has 0 aliphatic heterocycles. The van der Waals surface area contributed by atoms with E-state index in [1.807, 2.05) is 0 Å². The largest absolute Gasteiger partial charge is 0.368 e. The molecule has 2 N–H and O–H groups in total. The molecule has 88 valence electrons. The lowest BCUT2D eigenvalue weighted by Crippen LogP contribution is -2.19. The molecule has 0 spiro atoms. The van der Waals surface area contributed by atoms with Crippen molar-refractivity contribution in [2.45, 2.75) is 13.5 Å². The summed E-state index contributed by atoms with van der Waals surface area (Å²) in [6.45, 7) is 1.58. The van der Waals surface area contributed by atoms with Gasteiger partial charge < -0.3 is 5.73 Å². The summed E-state index contributed by atoms with van der Waals surface area (Å²) >= 11 is 0. The molecule has 0 saturated heterocycles. The lowest BCUT2D eigenvalue weighted by atomic mass is 10.2. The SMILES string of the molecule is Cc1nn(CC(N)=O)c2ncc([N+](=O)[O-])cc12. The lowest BCUT2D eigenvalue weighted by molar-refractivity contribution is -0.385. The van der Waals surface area contributed by atoms with E-state index in [1.54, 1.807) is 6.92 Å². The first kappa shape index (κ1) is 11.0. The monoisotopic (exact) mass is 235 g/mol. The second-order valence-electron chi connectivity index (χ2n) is 3.53. The third-order valence-corrected chi connectivity index (χ3v) is 2.27. The minimum absolute atomic E-state index is 0.102. The van der Waals surface area contributed by atoms with Gasteiger partial charge in [-0.05, 0) is 6.92 Å². The molecular weight excluding hydrogens is 226 g/mol. The third kappa shape index (κ3) is 1.92. The summed E-state index contributed by atoms with van der Waals surface area (Å²) in [7, 11) is 0. The number of aryl methyl sites for hydroxylation is 1. The maximum atomic E-state index is 10.8. The zero-order chi connectivity index (χ0) is 12.6. The van der Waals surface area contributed by atoms with Crippen LogP contribution in [0.15, 0.2) is 12.3 Å². The molecule has 0 bridgehead atoms. The minimum Gasteiger partial charge on any atom is -0.368 e. The van der Waals surface area contributed by atoms with Crippen LogP contribution in [0.25, 0.3) is 11.0 Å². The molecule has 17 heavy (non-hydrogen) atoms. The van der Waals surface area contributed by atoms with Gasteiger partial charge in [-0.25, -0.2) is 9.67 Å². The molecule has 0 aliphatic carbocycles. The van der Waals surface area contributed by atoms with Crippen LogP contribution in [0.4, 0.5) is 5.69 Å². The van der Waals surface area contributed by atoms with E-state index in [0.717, 1.165) is 6.20 Å². The molecule has 8 nitrogen and oxygen atoms in total. The Labute approximate surface area is 95.2 Å². The Bertz CT molecular complexity index is 618. The Morgan fingerprint density at radius 1 is 1.65 bits per heavy atom. The number of amides is 1. The summed E-state index contributed by atoms with van der Waals surface area (Å²) in [4.78, 5) is 24.8. The predicted molar refractivity (Wildman–Crippen MR) is 58.1 cm³/mol. The van der Waals surface area contributed by atoms with Gasteiger partial charge in [0.1, 0.15) is 12.7 Å². The first-order valence-corrected chi connectivity index (χ1v) is 4.75. The quantitative estimate of drug-likeness (QED) is 0.599. The minimum atomic E-state index is -0.547. The second-order valence-corrected chi connectivity index (χ2v) is 3.53. The summed E-state index contributed by atoms with van der Waals surface area (Å²) in [5.41, 5.74) is 5.93. The maximum absolute atomic E-state index is 10.8. The van der Waals surface area contributed by atoms with Crippen molar-refractivity contribution >= 4 is 22.6 Å². The molecule has 0 unspecified atom stereocenters. The number of pyridine rings is 1. The zero-order valence-electron chi connectivity index (χ0n) is 8.95. The summed E-state index contributed by atoms with van der Waals surface area (Å²) in [6.07, 6.45) is 1.13. The number of aromatic nitrogens is 3. The van der Waals surface area contributed by atoms with Gasteiger partial charge >= 0.3 is 0 Å². The van der Waals surface area contributed by atoms with E-state index in [0.29, 0.717) is 16.7 Å². The number of nitro groups is 1. The highest BCUT2D eigenvalue weighted by Crippen LogP contribution is 2.20. The average molecular weight is 235 g/mol. The van der Waals surface area contributed by atoms with E-state index in [1.165, 1.54) is 10.7 Å². The molecule has 2 aromatic rings. The molecule has 2 aromatic heterocycles. The molecule has 0 atom stereocenters. The van der Waals surface area contributed by atoms with Gasteiger partial charge in [0.25, 0.3) is 5.69 Å². The number of rotatable bonds is 3.